The van der Waals surface area contributed by atoms with Gasteiger partial charge in [-0.1, -0.05) is 60.9 Å². The average Bonchev–Trinajstić information content (AvgIpc) is 2.48. The van der Waals surface area contributed by atoms with Crippen LogP contribution in [0, 0.1) is 0 Å². The van der Waals surface area contributed by atoms with E-state index >= 15 is 0 Å². The van der Waals surface area contributed by atoms with Crippen molar-refractivity contribution in [1.82, 2.24) is 4.57 Å². The molecule has 1 saturated carbocycles. The summed E-state index contributed by atoms with van der Waals surface area (Å²) in [5, 5.41) is 0. The van der Waals surface area contributed by atoms with Crippen LogP contribution in [-0.4, -0.2) is 4.57 Å². The molecule has 0 N–H and O–H groups in total. The van der Waals surface area contributed by atoms with Crippen molar-refractivity contribution in [3.05, 3.63) is 56.4 Å². The van der Waals surface area contributed by atoms with E-state index in [1.54, 1.807) is 6.07 Å². The molecular formula is C16H17NO2S. The average molecular weight is 287 g/mol. The molecule has 0 bridgehead atoms. The molecule has 1 aliphatic rings. The lowest BCUT2D eigenvalue weighted by Gasteiger charge is -2.22. The van der Waals surface area contributed by atoms with Gasteiger partial charge in [0.05, 0.1) is 0 Å². The Kier molecular flexibility index (Phi) is 3.83. The van der Waals surface area contributed by atoms with Crippen molar-refractivity contribution >= 4 is 11.3 Å². The van der Waals surface area contributed by atoms with Crippen LogP contribution in [0.25, 0.3) is 10.4 Å². The zero-order valence-corrected chi connectivity index (χ0v) is 12.1. The van der Waals surface area contributed by atoms with E-state index in [9.17, 15) is 9.59 Å². The van der Waals surface area contributed by atoms with Crippen LogP contribution < -0.4 is 10.4 Å². The molecule has 3 rings (SSSR count). The topological polar surface area (TPSA) is 39.1 Å². The number of benzene rings is 1. The van der Waals surface area contributed by atoms with Gasteiger partial charge in [0, 0.05) is 17.0 Å². The highest BCUT2D eigenvalue weighted by atomic mass is 32.1. The fraction of sp³-hybridized carbons (Fsp3) is 0.375. The molecule has 0 amide bonds. The highest BCUT2D eigenvalue weighted by Gasteiger charge is 2.19. The molecule has 0 aliphatic heterocycles. The van der Waals surface area contributed by atoms with Gasteiger partial charge in [0.25, 0.3) is 5.56 Å². The zero-order valence-electron chi connectivity index (χ0n) is 11.2. The highest BCUT2D eigenvalue weighted by Crippen LogP contribution is 2.27. The fourth-order valence-electron chi connectivity index (χ4n) is 2.86. The molecular weight excluding hydrogens is 270 g/mol. The lowest BCUT2D eigenvalue weighted by molar-refractivity contribution is 0.343. The molecule has 1 aliphatic carbocycles. The van der Waals surface area contributed by atoms with Crippen LogP contribution in [0.15, 0.2) is 46.0 Å². The van der Waals surface area contributed by atoms with E-state index in [-0.39, 0.29) is 16.5 Å². The fourth-order valence-corrected chi connectivity index (χ4v) is 3.80. The molecule has 2 aromatic rings. The van der Waals surface area contributed by atoms with Gasteiger partial charge in [-0.25, -0.2) is 0 Å². The van der Waals surface area contributed by atoms with E-state index in [1.165, 1.54) is 22.3 Å². The van der Waals surface area contributed by atoms with Gasteiger partial charge in [-0.15, -0.1) is 0 Å². The third-order valence-electron chi connectivity index (χ3n) is 3.88. The molecule has 1 aromatic carbocycles. The van der Waals surface area contributed by atoms with Gasteiger partial charge in [-0.3, -0.25) is 14.2 Å². The van der Waals surface area contributed by atoms with Crippen LogP contribution in [-0.2, 0) is 0 Å². The Balaban J connectivity index is 2.03. The third-order valence-corrected chi connectivity index (χ3v) is 4.83. The summed E-state index contributed by atoms with van der Waals surface area (Å²) in [7, 11) is 0. The van der Waals surface area contributed by atoms with Gasteiger partial charge in [0.2, 0.25) is 0 Å². The van der Waals surface area contributed by atoms with Crippen LogP contribution in [0.5, 0.6) is 0 Å². The van der Waals surface area contributed by atoms with E-state index in [4.69, 9.17) is 0 Å². The summed E-state index contributed by atoms with van der Waals surface area (Å²) in [4.78, 5) is 25.3. The first-order chi connectivity index (χ1) is 9.75. The summed E-state index contributed by atoms with van der Waals surface area (Å²) < 4.78 is 1.47. The van der Waals surface area contributed by atoms with Crippen LogP contribution in [0.3, 0.4) is 0 Å². The Morgan fingerprint density at radius 1 is 1.00 bits per heavy atom. The first-order valence-corrected chi connectivity index (χ1v) is 7.89. The van der Waals surface area contributed by atoms with E-state index < -0.39 is 0 Å². The molecule has 0 radical (unpaired) electrons. The molecule has 1 heterocycles. The number of rotatable bonds is 2. The maximum atomic E-state index is 12.3. The molecule has 104 valence electrons. The van der Waals surface area contributed by atoms with Crippen molar-refractivity contribution in [2.45, 2.75) is 38.1 Å². The third kappa shape index (κ3) is 2.61. The summed E-state index contributed by atoms with van der Waals surface area (Å²) in [6, 6.07) is 11.3. The first-order valence-electron chi connectivity index (χ1n) is 7.08. The lowest BCUT2D eigenvalue weighted by Crippen LogP contribution is -2.35. The van der Waals surface area contributed by atoms with E-state index in [1.807, 2.05) is 30.3 Å². The van der Waals surface area contributed by atoms with Crippen molar-refractivity contribution in [1.29, 1.82) is 0 Å². The number of nitrogens with zero attached hydrogens (tertiary/aromatic N) is 1. The minimum atomic E-state index is -0.153. The molecule has 4 heteroatoms. The Morgan fingerprint density at radius 3 is 2.35 bits per heavy atom. The standard InChI is InChI=1S/C16H17NO2S/c18-15-11-14(12-7-3-1-4-8-12)20-16(19)17(15)13-9-5-2-6-10-13/h1,3-4,7-8,11,13H,2,5-6,9-10H2. The van der Waals surface area contributed by atoms with Gasteiger partial charge < -0.3 is 0 Å². The summed E-state index contributed by atoms with van der Waals surface area (Å²) in [6.45, 7) is 0. The van der Waals surface area contributed by atoms with Crippen LogP contribution in [0.4, 0.5) is 0 Å². The van der Waals surface area contributed by atoms with Crippen molar-refractivity contribution in [3.8, 4) is 10.4 Å². The molecule has 0 saturated heterocycles. The predicted molar refractivity (Wildman–Crippen MR) is 82.4 cm³/mol. The summed E-state index contributed by atoms with van der Waals surface area (Å²) >= 11 is 1.17. The molecule has 1 fully saturated rings. The maximum absolute atomic E-state index is 12.3. The van der Waals surface area contributed by atoms with Crippen LogP contribution >= 0.6 is 11.3 Å². The number of aromatic nitrogens is 1. The second kappa shape index (κ2) is 5.75. The maximum Gasteiger partial charge on any atom is 0.310 e. The SMILES string of the molecule is O=c1cc(-c2ccccc2)sc(=O)n1C1CCCCC1. The van der Waals surface area contributed by atoms with Crippen LogP contribution in [0.2, 0.25) is 0 Å². The molecule has 20 heavy (non-hydrogen) atoms. The second-order valence-electron chi connectivity index (χ2n) is 5.24. The summed E-state index contributed by atoms with van der Waals surface area (Å²) in [6.07, 6.45) is 5.34. The van der Waals surface area contributed by atoms with E-state index in [2.05, 4.69) is 0 Å². The van der Waals surface area contributed by atoms with Gasteiger partial charge in [0.15, 0.2) is 0 Å². The second-order valence-corrected chi connectivity index (χ2v) is 6.24. The van der Waals surface area contributed by atoms with E-state index in [0.717, 1.165) is 36.1 Å². The molecule has 3 nitrogen and oxygen atoms in total. The number of hydrogen-bond donors (Lipinski definition) is 0. The highest BCUT2D eigenvalue weighted by molar-refractivity contribution is 7.12. The Morgan fingerprint density at radius 2 is 1.70 bits per heavy atom. The smallest absolute Gasteiger partial charge is 0.269 e. The van der Waals surface area contributed by atoms with Gasteiger partial charge >= 0.3 is 4.87 Å². The van der Waals surface area contributed by atoms with Gasteiger partial charge in [0.1, 0.15) is 0 Å². The van der Waals surface area contributed by atoms with Gasteiger partial charge in [-0.05, 0) is 18.4 Å². The molecule has 0 spiro atoms. The Labute approximate surface area is 121 Å². The predicted octanol–water partition coefficient (Wildman–Crippen LogP) is 3.44. The van der Waals surface area contributed by atoms with Crippen molar-refractivity contribution in [3.63, 3.8) is 0 Å². The minimum Gasteiger partial charge on any atom is -0.269 e. The quantitative estimate of drug-likeness (QED) is 0.848. The lowest BCUT2D eigenvalue weighted by atomic mass is 9.95. The Bertz CT molecular complexity index is 665. The molecule has 0 unspecified atom stereocenters. The molecule has 0 atom stereocenters. The number of hydrogen-bond acceptors (Lipinski definition) is 3. The van der Waals surface area contributed by atoms with Crippen molar-refractivity contribution < 1.29 is 0 Å². The summed E-state index contributed by atoms with van der Waals surface area (Å²) in [5.41, 5.74) is 0.780. The van der Waals surface area contributed by atoms with Crippen LogP contribution in [0.1, 0.15) is 38.1 Å². The molecule has 1 aromatic heterocycles. The normalized spacial score (nSPS) is 16.2. The first kappa shape index (κ1) is 13.3. The van der Waals surface area contributed by atoms with Gasteiger partial charge in [-0.2, -0.15) is 0 Å². The van der Waals surface area contributed by atoms with Crippen molar-refractivity contribution in [2.75, 3.05) is 0 Å². The minimum absolute atomic E-state index is 0.102. The zero-order chi connectivity index (χ0) is 13.9. The van der Waals surface area contributed by atoms with E-state index in [0.29, 0.717) is 0 Å². The largest absolute Gasteiger partial charge is 0.310 e. The monoisotopic (exact) mass is 287 g/mol. The van der Waals surface area contributed by atoms with Crippen molar-refractivity contribution in [2.24, 2.45) is 0 Å². The Hall–Kier alpha value is -1.68. The summed E-state index contributed by atoms with van der Waals surface area (Å²) in [5.74, 6) is 0.